The molecule has 1 saturated heterocycles. The Balaban J connectivity index is 1.50. The first-order valence-electron chi connectivity index (χ1n) is 8.29. The molecule has 118 valence electrons. The van der Waals surface area contributed by atoms with E-state index in [0.29, 0.717) is 0 Å². The third-order valence-electron chi connectivity index (χ3n) is 4.18. The van der Waals surface area contributed by atoms with Crippen LogP contribution >= 0.6 is 0 Å². The van der Waals surface area contributed by atoms with Gasteiger partial charge in [-0.2, -0.15) is 0 Å². The van der Waals surface area contributed by atoms with Gasteiger partial charge in [0.2, 0.25) is 0 Å². The fourth-order valence-corrected chi connectivity index (χ4v) is 2.78. The van der Waals surface area contributed by atoms with Crippen LogP contribution in [0, 0.1) is 0 Å². The highest BCUT2D eigenvalue weighted by atomic mass is 15.1. The van der Waals surface area contributed by atoms with Gasteiger partial charge in [0.15, 0.2) is 0 Å². The Bertz CT molecular complexity index is 398. The zero-order chi connectivity index (χ0) is 14.9. The molecular weight excluding hydrogens is 260 g/mol. The van der Waals surface area contributed by atoms with Crippen LogP contribution in [0.1, 0.15) is 39.5 Å². The third kappa shape index (κ3) is 6.44. The standard InChI is InChI=1S/C17H30N4/c1-16(2)5-11-20-12-6-17(7-13-20)19-8-3-4-10-21-14-9-18-15-21/h5,9,14-15,17,19H,3-4,6-8,10-13H2,1-2H3. The topological polar surface area (TPSA) is 33.1 Å². The molecule has 0 radical (unpaired) electrons. The molecular formula is C17H30N4. The van der Waals surface area contributed by atoms with E-state index in [2.05, 4.69) is 39.7 Å². The number of aromatic nitrogens is 2. The minimum atomic E-state index is 0.723. The third-order valence-corrected chi connectivity index (χ3v) is 4.18. The molecule has 0 spiro atoms. The molecule has 0 aliphatic carbocycles. The normalized spacial score (nSPS) is 17.0. The highest BCUT2D eigenvalue weighted by Gasteiger charge is 2.17. The van der Waals surface area contributed by atoms with E-state index in [1.54, 1.807) is 0 Å². The summed E-state index contributed by atoms with van der Waals surface area (Å²) in [6.45, 7) is 10.2. The molecule has 1 aliphatic heterocycles. The van der Waals surface area contributed by atoms with Gasteiger partial charge in [-0.05, 0) is 59.2 Å². The molecule has 21 heavy (non-hydrogen) atoms. The Hall–Kier alpha value is -1.13. The first-order chi connectivity index (χ1) is 10.2. The average molecular weight is 290 g/mol. The molecule has 1 N–H and O–H groups in total. The van der Waals surface area contributed by atoms with Crippen molar-refractivity contribution in [3.8, 4) is 0 Å². The maximum atomic E-state index is 4.07. The second-order valence-corrected chi connectivity index (χ2v) is 6.32. The maximum Gasteiger partial charge on any atom is 0.0945 e. The highest BCUT2D eigenvalue weighted by molar-refractivity contribution is 4.95. The second kappa shape index (κ2) is 9.00. The van der Waals surface area contributed by atoms with E-state index in [1.165, 1.54) is 44.3 Å². The predicted molar refractivity (Wildman–Crippen MR) is 88.4 cm³/mol. The number of piperidine rings is 1. The van der Waals surface area contributed by atoms with Crippen molar-refractivity contribution in [3.05, 3.63) is 30.4 Å². The minimum Gasteiger partial charge on any atom is -0.337 e. The van der Waals surface area contributed by atoms with E-state index in [-0.39, 0.29) is 0 Å². The lowest BCUT2D eigenvalue weighted by atomic mass is 10.0. The van der Waals surface area contributed by atoms with Crippen molar-refractivity contribution in [1.82, 2.24) is 19.8 Å². The molecule has 1 aromatic heterocycles. The van der Waals surface area contributed by atoms with Crippen LogP contribution in [0.4, 0.5) is 0 Å². The molecule has 0 bridgehead atoms. The van der Waals surface area contributed by atoms with Gasteiger partial charge in [-0.25, -0.2) is 4.98 Å². The number of hydrogen-bond acceptors (Lipinski definition) is 3. The number of unbranched alkanes of at least 4 members (excludes halogenated alkanes) is 1. The van der Waals surface area contributed by atoms with Crippen LogP contribution in [0.3, 0.4) is 0 Å². The van der Waals surface area contributed by atoms with Gasteiger partial charge in [0.05, 0.1) is 6.33 Å². The summed E-state index contributed by atoms with van der Waals surface area (Å²) in [7, 11) is 0. The lowest BCUT2D eigenvalue weighted by molar-refractivity contribution is 0.214. The van der Waals surface area contributed by atoms with Gasteiger partial charge in [0.25, 0.3) is 0 Å². The lowest BCUT2D eigenvalue weighted by Crippen LogP contribution is -2.42. The number of likely N-dealkylation sites (tertiary alicyclic amines) is 1. The van der Waals surface area contributed by atoms with Crippen LogP contribution < -0.4 is 5.32 Å². The molecule has 2 rings (SSSR count). The van der Waals surface area contributed by atoms with E-state index in [0.717, 1.165) is 25.7 Å². The molecule has 0 saturated carbocycles. The van der Waals surface area contributed by atoms with Gasteiger partial charge in [-0.1, -0.05) is 11.6 Å². The van der Waals surface area contributed by atoms with Gasteiger partial charge in [-0.15, -0.1) is 0 Å². The predicted octanol–water partition coefficient (Wildman–Crippen LogP) is 2.68. The van der Waals surface area contributed by atoms with Crippen molar-refractivity contribution in [2.45, 2.75) is 52.1 Å². The number of aryl methyl sites for hydroxylation is 1. The number of allylic oxidation sites excluding steroid dienone is 1. The smallest absolute Gasteiger partial charge is 0.0945 e. The van der Waals surface area contributed by atoms with Crippen molar-refractivity contribution in [2.24, 2.45) is 0 Å². The highest BCUT2D eigenvalue weighted by Crippen LogP contribution is 2.10. The molecule has 1 aromatic rings. The van der Waals surface area contributed by atoms with Gasteiger partial charge in [-0.3, -0.25) is 4.90 Å². The Morgan fingerprint density at radius 1 is 1.29 bits per heavy atom. The number of rotatable bonds is 8. The van der Waals surface area contributed by atoms with Gasteiger partial charge < -0.3 is 9.88 Å². The van der Waals surface area contributed by atoms with Crippen LogP contribution in [0.15, 0.2) is 30.4 Å². The molecule has 4 nitrogen and oxygen atoms in total. The zero-order valence-corrected chi connectivity index (χ0v) is 13.6. The molecule has 0 amide bonds. The first kappa shape index (κ1) is 16.2. The van der Waals surface area contributed by atoms with Gasteiger partial charge >= 0.3 is 0 Å². The van der Waals surface area contributed by atoms with Crippen LogP contribution in [0.25, 0.3) is 0 Å². The summed E-state index contributed by atoms with van der Waals surface area (Å²) in [6.07, 6.45) is 13.2. The molecule has 1 fully saturated rings. The minimum absolute atomic E-state index is 0.723. The number of nitrogens with zero attached hydrogens (tertiary/aromatic N) is 3. The Morgan fingerprint density at radius 2 is 2.10 bits per heavy atom. The Morgan fingerprint density at radius 3 is 2.76 bits per heavy atom. The number of imidazole rings is 1. The van der Waals surface area contributed by atoms with Gasteiger partial charge in [0.1, 0.15) is 0 Å². The second-order valence-electron chi connectivity index (χ2n) is 6.32. The SMILES string of the molecule is CC(C)=CCN1CCC(NCCCCn2ccnc2)CC1. The summed E-state index contributed by atoms with van der Waals surface area (Å²) in [5.41, 5.74) is 1.42. The van der Waals surface area contributed by atoms with Crippen molar-refractivity contribution in [3.63, 3.8) is 0 Å². The molecule has 0 atom stereocenters. The summed E-state index contributed by atoms with van der Waals surface area (Å²) in [6, 6.07) is 0.723. The van der Waals surface area contributed by atoms with Crippen LogP contribution in [0.2, 0.25) is 0 Å². The lowest BCUT2D eigenvalue weighted by Gasteiger charge is -2.31. The Labute approximate surface area is 129 Å². The molecule has 4 heteroatoms. The van der Waals surface area contributed by atoms with E-state index >= 15 is 0 Å². The van der Waals surface area contributed by atoms with E-state index in [1.807, 2.05) is 18.7 Å². The molecule has 0 unspecified atom stereocenters. The van der Waals surface area contributed by atoms with Crippen LogP contribution in [0.5, 0.6) is 0 Å². The quantitative estimate of drug-likeness (QED) is 0.590. The zero-order valence-electron chi connectivity index (χ0n) is 13.6. The fourth-order valence-electron chi connectivity index (χ4n) is 2.78. The van der Waals surface area contributed by atoms with Crippen molar-refractivity contribution >= 4 is 0 Å². The maximum absolute atomic E-state index is 4.07. The number of nitrogens with one attached hydrogen (secondary N) is 1. The largest absolute Gasteiger partial charge is 0.337 e. The van der Waals surface area contributed by atoms with E-state index < -0.39 is 0 Å². The molecule has 1 aliphatic rings. The summed E-state index contributed by atoms with van der Waals surface area (Å²) in [4.78, 5) is 6.63. The first-order valence-corrected chi connectivity index (χ1v) is 8.29. The summed E-state index contributed by atoms with van der Waals surface area (Å²) in [5, 5.41) is 3.72. The van der Waals surface area contributed by atoms with E-state index in [9.17, 15) is 0 Å². The summed E-state index contributed by atoms with van der Waals surface area (Å²) in [5.74, 6) is 0. The summed E-state index contributed by atoms with van der Waals surface area (Å²) < 4.78 is 2.15. The van der Waals surface area contributed by atoms with Crippen LogP contribution in [-0.4, -0.2) is 46.7 Å². The van der Waals surface area contributed by atoms with Gasteiger partial charge in [0, 0.05) is 31.5 Å². The average Bonchev–Trinajstić information content (AvgIpc) is 2.99. The van der Waals surface area contributed by atoms with E-state index in [4.69, 9.17) is 0 Å². The molecule has 2 heterocycles. The van der Waals surface area contributed by atoms with Crippen molar-refractivity contribution < 1.29 is 0 Å². The van der Waals surface area contributed by atoms with Crippen molar-refractivity contribution in [2.75, 3.05) is 26.2 Å². The monoisotopic (exact) mass is 290 g/mol. The summed E-state index contributed by atoms with van der Waals surface area (Å²) >= 11 is 0. The van der Waals surface area contributed by atoms with Crippen molar-refractivity contribution in [1.29, 1.82) is 0 Å². The fraction of sp³-hybridized carbons (Fsp3) is 0.706. The molecule has 0 aromatic carbocycles. The Kier molecular flexibility index (Phi) is 6.96. The van der Waals surface area contributed by atoms with Crippen LogP contribution in [-0.2, 0) is 6.54 Å². The number of hydrogen-bond donors (Lipinski definition) is 1.